The first-order valence-corrected chi connectivity index (χ1v) is 6.19. The van der Waals surface area contributed by atoms with Crippen LogP contribution in [0.25, 0.3) is 23.3 Å². The summed E-state index contributed by atoms with van der Waals surface area (Å²) in [5, 5.41) is 0.715. The van der Waals surface area contributed by atoms with Crippen molar-refractivity contribution in [2.24, 2.45) is 0 Å². The van der Waals surface area contributed by atoms with E-state index in [2.05, 4.69) is 4.98 Å². The number of oxazole rings is 1. The smallest absolute Gasteiger partial charge is 0.220 e. The Morgan fingerprint density at radius 3 is 2.58 bits per heavy atom. The Kier molecular flexibility index (Phi) is 2.97. The second kappa shape index (κ2) is 4.78. The molecule has 0 amide bonds. The minimum absolute atomic E-state index is 0.530. The fraction of sp³-hybridized carbons (Fsp3) is 0. The van der Waals surface area contributed by atoms with Crippen LogP contribution in [0.1, 0.15) is 11.5 Å². The summed E-state index contributed by atoms with van der Waals surface area (Å²) >= 11 is 5.83. The van der Waals surface area contributed by atoms with Gasteiger partial charge >= 0.3 is 0 Å². The molecule has 0 fully saturated rings. The molecule has 1 heterocycles. The number of nitrogen functional groups attached to an aromatic ring is 1. The zero-order valence-corrected chi connectivity index (χ0v) is 10.8. The number of nitrogens with two attached hydrogens (primary N) is 1. The van der Waals surface area contributed by atoms with Crippen molar-refractivity contribution in [2.75, 3.05) is 5.73 Å². The van der Waals surface area contributed by atoms with Gasteiger partial charge in [-0.2, -0.15) is 0 Å². The molecule has 0 aliphatic carbocycles. The molecule has 1 aromatic heterocycles. The predicted molar refractivity (Wildman–Crippen MR) is 78.8 cm³/mol. The molecular weight excluding hydrogens is 260 g/mol. The van der Waals surface area contributed by atoms with Crippen LogP contribution in [0.3, 0.4) is 0 Å². The lowest BCUT2D eigenvalue weighted by atomic mass is 10.2. The van der Waals surface area contributed by atoms with E-state index in [-0.39, 0.29) is 0 Å². The van der Waals surface area contributed by atoms with Crippen LogP contribution in [0.4, 0.5) is 5.69 Å². The second-order valence-corrected chi connectivity index (χ2v) is 4.57. The van der Waals surface area contributed by atoms with E-state index >= 15 is 0 Å². The number of nitrogens with zero attached hydrogens (tertiary/aromatic N) is 1. The van der Waals surface area contributed by atoms with Gasteiger partial charge in [-0.1, -0.05) is 29.8 Å². The van der Waals surface area contributed by atoms with E-state index in [1.54, 1.807) is 6.07 Å². The maximum atomic E-state index is 5.83. The molecule has 0 saturated heterocycles. The molecule has 0 aliphatic heterocycles. The van der Waals surface area contributed by atoms with Crippen LogP contribution in [-0.2, 0) is 0 Å². The van der Waals surface area contributed by atoms with Crippen LogP contribution in [-0.4, -0.2) is 4.98 Å². The molecule has 0 radical (unpaired) electrons. The fourth-order valence-electron chi connectivity index (χ4n) is 1.80. The van der Waals surface area contributed by atoms with Gasteiger partial charge in [0, 0.05) is 11.1 Å². The van der Waals surface area contributed by atoms with E-state index in [4.69, 9.17) is 21.8 Å². The highest BCUT2D eigenvalue weighted by atomic mass is 35.5. The van der Waals surface area contributed by atoms with Gasteiger partial charge in [-0.3, -0.25) is 0 Å². The highest BCUT2D eigenvalue weighted by Crippen LogP contribution is 2.22. The minimum atomic E-state index is 0.530. The topological polar surface area (TPSA) is 52.0 Å². The number of anilines is 1. The zero-order valence-electron chi connectivity index (χ0n) is 10.0. The number of halogens is 1. The lowest BCUT2D eigenvalue weighted by molar-refractivity contribution is 0.590. The van der Waals surface area contributed by atoms with E-state index in [1.807, 2.05) is 48.6 Å². The lowest BCUT2D eigenvalue weighted by Crippen LogP contribution is -1.84. The van der Waals surface area contributed by atoms with Crippen LogP contribution in [0.15, 0.2) is 46.9 Å². The second-order valence-electron chi connectivity index (χ2n) is 4.13. The van der Waals surface area contributed by atoms with Gasteiger partial charge in [-0.25, -0.2) is 4.98 Å². The van der Waals surface area contributed by atoms with Crippen molar-refractivity contribution >= 4 is 40.5 Å². The number of para-hydroxylation sites is 1. The van der Waals surface area contributed by atoms with Crippen molar-refractivity contribution in [1.82, 2.24) is 4.98 Å². The van der Waals surface area contributed by atoms with Gasteiger partial charge < -0.3 is 10.2 Å². The Labute approximate surface area is 115 Å². The summed E-state index contributed by atoms with van der Waals surface area (Å²) < 4.78 is 5.59. The third-order valence-electron chi connectivity index (χ3n) is 2.76. The molecule has 0 spiro atoms. The van der Waals surface area contributed by atoms with Gasteiger partial charge in [0.2, 0.25) is 5.89 Å². The van der Waals surface area contributed by atoms with Gasteiger partial charge in [-0.05, 0) is 35.9 Å². The summed E-state index contributed by atoms with van der Waals surface area (Å²) in [5.41, 5.74) is 8.86. The third-order valence-corrected chi connectivity index (χ3v) is 3.01. The number of hydrogen-bond donors (Lipinski definition) is 1. The summed E-state index contributed by atoms with van der Waals surface area (Å²) in [6, 6.07) is 13.0. The number of hydrogen-bond acceptors (Lipinski definition) is 3. The molecule has 3 rings (SSSR count). The predicted octanol–water partition coefficient (Wildman–Crippen LogP) is 4.23. The largest absolute Gasteiger partial charge is 0.437 e. The Hall–Kier alpha value is -2.26. The van der Waals surface area contributed by atoms with Gasteiger partial charge in [-0.15, -0.1) is 0 Å². The molecule has 0 unspecified atom stereocenters. The fourth-order valence-corrected chi connectivity index (χ4v) is 1.93. The van der Waals surface area contributed by atoms with E-state index in [0.29, 0.717) is 27.7 Å². The van der Waals surface area contributed by atoms with E-state index in [0.717, 1.165) is 5.56 Å². The molecule has 3 aromatic rings. The van der Waals surface area contributed by atoms with Crippen molar-refractivity contribution in [1.29, 1.82) is 0 Å². The molecule has 94 valence electrons. The molecule has 4 heteroatoms. The Morgan fingerprint density at radius 1 is 1.05 bits per heavy atom. The molecule has 0 atom stereocenters. The molecular formula is C15H11ClN2O. The average Bonchev–Trinajstić information content (AvgIpc) is 2.83. The maximum Gasteiger partial charge on any atom is 0.220 e. The van der Waals surface area contributed by atoms with Crippen molar-refractivity contribution in [2.45, 2.75) is 0 Å². The number of rotatable bonds is 2. The van der Waals surface area contributed by atoms with Crippen molar-refractivity contribution in [3.8, 4) is 0 Å². The summed E-state index contributed by atoms with van der Waals surface area (Å²) in [6.07, 6.45) is 3.72. The molecule has 0 bridgehead atoms. The zero-order chi connectivity index (χ0) is 13.2. The third kappa shape index (κ3) is 2.46. The molecule has 2 aromatic carbocycles. The normalized spacial score (nSPS) is 11.4. The monoisotopic (exact) mass is 270 g/mol. The molecule has 3 nitrogen and oxygen atoms in total. The van der Waals surface area contributed by atoms with Gasteiger partial charge in [0.25, 0.3) is 0 Å². The number of benzene rings is 2. The number of aromatic nitrogens is 1. The van der Waals surface area contributed by atoms with Crippen molar-refractivity contribution in [3.05, 3.63) is 58.9 Å². The number of fused-ring (bicyclic) bond motifs is 1. The standard InChI is InChI=1S/C15H11ClN2O/c16-11-7-4-10(5-8-11)6-9-14-18-15-12(17)2-1-3-13(15)19-14/h1-9H,17H2/b9-6+. The SMILES string of the molecule is Nc1cccc2oc(/C=C/c3ccc(Cl)cc3)nc12. The highest BCUT2D eigenvalue weighted by Gasteiger charge is 2.05. The molecule has 0 saturated carbocycles. The van der Waals surface area contributed by atoms with Gasteiger partial charge in [0.05, 0.1) is 5.69 Å². The van der Waals surface area contributed by atoms with Crippen molar-refractivity contribution in [3.63, 3.8) is 0 Å². The minimum Gasteiger partial charge on any atom is -0.437 e. The van der Waals surface area contributed by atoms with Gasteiger partial charge in [0.1, 0.15) is 5.52 Å². The van der Waals surface area contributed by atoms with Crippen LogP contribution >= 0.6 is 11.6 Å². The first-order valence-electron chi connectivity index (χ1n) is 5.81. The highest BCUT2D eigenvalue weighted by molar-refractivity contribution is 6.30. The van der Waals surface area contributed by atoms with Gasteiger partial charge in [0.15, 0.2) is 5.58 Å². The Morgan fingerprint density at radius 2 is 1.84 bits per heavy atom. The van der Waals surface area contributed by atoms with E-state index in [1.165, 1.54) is 0 Å². The molecule has 19 heavy (non-hydrogen) atoms. The summed E-state index contributed by atoms with van der Waals surface area (Å²) in [5.74, 6) is 0.530. The van der Waals surface area contributed by atoms with E-state index in [9.17, 15) is 0 Å². The quantitative estimate of drug-likeness (QED) is 0.709. The first-order chi connectivity index (χ1) is 9.22. The van der Waals surface area contributed by atoms with Crippen LogP contribution in [0.2, 0.25) is 5.02 Å². The maximum absolute atomic E-state index is 5.83. The van der Waals surface area contributed by atoms with Crippen LogP contribution in [0.5, 0.6) is 0 Å². The summed E-state index contributed by atoms with van der Waals surface area (Å²) in [4.78, 5) is 4.34. The van der Waals surface area contributed by atoms with Crippen LogP contribution in [0, 0.1) is 0 Å². The molecule has 2 N–H and O–H groups in total. The van der Waals surface area contributed by atoms with Crippen LogP contribution < -0.4 is 5.73 Å². The summed E-state index contributed by atoms with van der Waals surface area (Å²) in [6.45, 7) is 0. The Balaban J connectivity index is 1.93. The first kappa shape index (κ1) is 11.8. The average molecular weight is 271 g/mol. The lowest BCUT2D eigenvalue weighted by Gasteiger charge is -1.92. The van der Waals surface area contributed by atoms with E-state index < -0.39 is 0 Å². The Bertz CT molecular complexity index is 744. The molecule has 0 aliphatic rings. The summed E-state index contributed by atoms with van der Waals surface area (Å²) in [7, 11) is 0. The van der Waals surface area contributed by atoms with Crippen molar-refractivity contribution < 1.29 is 4.42 Å².